The molecule has 0 saturated heterocycles. The van der Waals surface area contributed by atoms with Crippen LogP contribution in [0, 0.1) is 5.41 Å². The van der Waals surface area contributed by atoms with Crippen LogP contribution >= 0.6 is 0 Å². The number of ether oxygens (including phenoxy) is 1. The first-order chi connectivity index (χ1) is 10.8. The van der Waals surface area contributed by atoms with Crippen molar-refractivity contribution in [3.05, 3.63) is 54.6 Å². The second-order valence-electron chi connectivity index (χ2n) is 6.63. The molecule has 0 bridgehead atoms. The van der Waals surface area contributed by atoms with Crippen molar-refractivity contribution in [2.75, 3.05) is 5.32 Å². The van der Waals surface area contributed by atoms with E-state index in [4.69, 9.17) is 4.74 Å². The maximum Gasteiger partial charge on any atom is 0.319 e. The fourth-order valence-electron chi connectivity index (χ4n) is 1.81. The van der Waals surface area contributed by atoms with E-state index in [-0.39, 0.29) is 17.5 Å². The summed E-state index contributed by atoms with van der Waals surface area (Å²) in [6, 6.07) is 16.7. The average molecular weight is 312 g/mol. The van der Waals surface area contributed by atoms with Gasteiger partial charge in [-0.25, -0.2) is 4.79 Å². The van der Waals surface area contributed by atoms with E-state index >= 15 is 0 Å². The highest BCUT2D eigenvalue weighted by atomic mass is 16.5. The minimum absolute atomic E-state index is 0.0186. The molecule has 122 valence electrons. The van der Waals surface area contributed by atoms with Crippen LogP contribution in [0.3, 0.4) is 0 Å². The molecular weight excluding hydrogens is 288 g/mol. The van der Waals surface area contributed by atoms with E-state index < -0.39 is 0 Å². The van der Waals surface area contributed by atoms with Gasteiger partial charge < -0.3 is 15.4 Å². The number of carbonyl (C=O) groups is 1. The maximum atomic E-state index is 12.0. The first-order valence-corrected chi connectivity index (χ1v) is 7.75. The van der Waals surface area contributed by atoms with Crippen LogP contribution in [0.4, 0.5) is 10.5 Å². The zero-order chi connectivity index (χ0) is 16.9. The summed E-state index contributed by atoms with van der Waals surface area (Å²) in [4.78, 5) is 12.0. The Balaban J connectivity index is 1.91. The summed E-state index contributed by atoms with van der Waals surface area (Å²) in [6.07, 6.45) is 0. The van der Waals surface area contributed by atoms with Gasteiger partial charge >= 0.3 is 6.03 Å². The Kier molecular flexibility index (Phi) is 5.27. The second kappa shape index (κ2) is 7.18. The SMILES string of the molecule is CC(NC(=O)Nc1ccc(Oc2ccccc2)cc1)C(C)(C)C. The van der Waals surface area contributed by atoms with Gasteiger partial charge in [-0.1, -0.05) is 39.0 Å². The molecule has 1 atom stereocenters. The standard InChI is InChI=1S/C19H24N2O2/c1-14(19(2,3)4)20-18(22)21-15-10-12-17(13-11-15)23-16-8-6-5-7-9-16/h5-14H,1-4H3,(H2,20,21,22). The third kappa shape index (κ3) is 5.33. The molecule has 2 aromatic rings. The normalized spacial score (nSPS) is 12.3. The summed E-state index contributed by atoms with van der Waals surface area (Å²) in [5, 5.41) is 5.77. The van der Waals surface area contributed by atoms with Gasteiger partial charge in [-0.2, -0.15) is 0 Å². The minimum atomic E-state index is -0.204. The van der Waals surface area contributed by atoms with E-state index in [1.165, 1.54) is 0 Å². The zero-order valence-corrected chi connectivity index (χ0v) is 14.1. The summed E-state index contributed by atoms with van der Waals surface area (Å²) >= 11 is 0. The fourth-order valence-corrected chi connectivity index (χ4v) is 1.81. The summed E-state index contributed by atoms with van der Waals surface area (Å²) in [7, 11) is 0. The van der Waals surface area contributed by atoms with Gasteiger partial charge in [-0.3, -0.25) is 0 Å². The Bertz CT molecular complexity index is 631. The van der Waals surface area contributed by atoms with Crippen LogP contribution in [0.25, 0.3) is 0 Å². The molecule has 1 unspecified atom stereocenters. The molecule has 2 N–H and O–H groups in total. The number of rotatable bonds is 4. The van der Waals surface area contributed by atoms with Gasteiger partial charge in [0.25, 0.3) is 0 Å². The molecule has 23 heavy (non-hydrogen) atoms. The van der Waals surface area contributed by atoms with E-state index in [0.717, 1.165) is 17.2 Å². The number of para-hydroxylation sites is 1. The molecule has 0 radical (unpaired) electrons. The van der Waals surface area contributed by atoms with Gasteiger partial charge in [0, 0.05) is 11.7 Å². The first kappa shape index (κ1) is 16.9. The van der Waals surface area contributed by atoms with Crippen molar-refractivity contribution >= 4 is 11.7 Å². The number of hydrogen-bond acceptors (Lipinski definition) is 2. The Morgan fingerprint density at radius 3 is 2.09 bits per heavy atom. The van der Waals surface area contributed by atoms with Crippen molar-refractivity contribution in [3.63, 3.8) is 0 Å². The molecule has 4 heteroatoms. The van der Waals surface area contributed by atoms with E-state index in [2.05, 4.69) is 31.4 Å². The van der Waals surface area contributed by atoms with Gasteiger partial charge in [-0.15, -0.1) is 0 Å². The van der Waals surface area contributed by atoms with Crippen LogP contribution in [0.15, 0.2) is 54.6 Å². The van der Waals surface area contributed by atoms with Crippen LogP contribution in [0.1, 0.15) is 27.7 Å². The molecule has 2 aromatic carbocycles. The molecule has 0 aliphatic rings. The van der Waals surface area contributed by atoms with Crippen LogP contribution in [0.2, 0.25) is 0 Å². The molecule has 2 amide bonds. The summed E-state index contributed by atoms with van der Waals surface area (Å²) in [5.41, 5.74) is 0.745. The molecule has 2 rings (SSSR count). The lowest BCUT2D eigenvalue weighted by atomic mass is 9.88. The number of anilines is 1. The van der Waals surface area contributed by atoms with Crippen molar-refractivity contribution in [2.45, 2.75) is 33.7 Å². The highest BCUT2D eigenvalue weighted by Crippen LogP contribution is 2.23. The van der Waals surface area contributed by atoms with Crippen molar-refractivity contribution < 1.29 is 9.53 Å². The number of urea groups is 1. The Morgan fingerprint density at radius 1 is 0.957 bits per heavy atom. The maximum absolute atomic E-state index is 12.0. The molecule has 0 aromatic heterocycles. The summed E-state index contributed by atoms with van der Waals surface area (Å²) in [5.74, 6) is 1.51. The number of carbonyl (C=O) groups excluding carboxylic acids is 1. The van der Waals surface area contributed by atoms with Gasteiger partial charge in [0.2, 0.25) is 0 Å². The third-order valence-electron chi connectivity index (χ3n) is 3.74. The van der Waals surface area contributed by atoms with Gasteiger partial charge in [0.1, 0.15) is 11.5 Å². The predicted molar refractivity (Wildman–Crippen MR) is 94.0 cm³/mol. The van der Waals surface area contributed by atoms with Crippen molar-refractivity contribution in [2.24, 2.45) is 5.41 Å². The van der Waals surface area contributed by atoms with Crippen molar-refractivity contribution in [1.29, 1.82) is 0 Å². The summed E-state index contributed by atoms with van der Waals surface area (Å²) in [6.45, 7) is 8.27. The molecule has 4 nitrogen and oxygen atoms in total. The smallest absolute Gasteiger partial charge is 0.319 e. The lowest BCUT2D eigenvalue weighted by Crippen LogP contribution is -2.43. The first-order valence-electron chi connectivity index (χ1n) is 7.75. The van der Waals surface area contributed by atoms with Crippen molar-refractivity contribution in [3.8, 4) is 11.5 Å². The minimum Gasteiger partial charge on any atom is -0.457 e. The number of nitrogens with one attached hydrogen (secondary N) is 2. The van der Waals surface area contributed by atoms with Crippen LogP contribution in [-0.2, 0) is 0 Å². The molecule has 0 fully saturated rings. The molecule has 0 spiro atoms. The highest BCUT2D eigenvalue weighted by molar-refractivity contribution is 5.89. The van der Waals surface area contributed by atoms with E-state index in [1.54, 1.807) is 0 Å². The Hall–Kier alpha value is -2.49. The largest absolute Gasteiger partial charge is 0.457 e. The Labute approximate surface area is 137 Å². The van der Waals surface area contributed by atoms with Crippen molar-refractivity contribution in [1.82, 2.24) is 5.32 Å². The predicted octanol–water partition coefficient (Wildman–Crippen LogP) is 5.04. The van der Waals surface area contributed by atoms with E-state index in [1.807, 2.05) is 61.5 Å². The zero-order valence-electron chi connectivity index (χ0n) is 14.1. The quantitative estimate of drug-likeness (QED) is 0.831. The molecule has 0 aliphatic carbocycles. The van der Waals surface area contributed by atoms with Gasteiger partial charge in [0.05, 0.1) is 0 Å². The molecular formula is C19H24N2O2. The number of amides is 2. The molecule has 0 aliphatic heterocycles. The van der Waals surface area contributed by atoms with E-state index in [0.29, 0.717) is 0 Å². The van der Waals surface area contributed by atoms with Gasteiger partial charge in [-0.05, 0) is 48.7 Å². The van der Waals surface area contributed by atoms with Crippen LogP contribution in [-0.4, -0.2) is 12.1 Å². The molecule has 0 saturated carbocycles. The topological polar surface area (TPSA) is 50.4 Å². The highest BCUT2D eigenvalue weighted by Gasteiger charge is 2.21. The van der Waals surface area contributed by atoms with Gasteiger partial charge in [0.15, 0.2) is 0 Å². The second-order valence-corrected chi connectivity index (χ2v) is 6.63. The van der Waals surface area contributed by atoms with Crippen LogP contribution < -0.4 is 15.4 Å². The Morgan fingerprint density at radius 2 is 1.52 bits per heavy atom. The summed E-state index contributed by atoms with van der Waals surface area (Å²) < 4.78 is 5.72. The fraction of sp³-hybridized carbons (Fsp3) is 0.316. The third-order valence-corrected chi connectivity index (χ3v) is 3.74. The lowest BCUT2D eigenvalue weighted by Gasteiger charge is -2.28. The molecule has 0 heterocycles. The van der Waals surface area contributed by atoms with E-state index in [9.17, 15) is 4.79 Å². The number of hydrogen-bond donors (Lipinski definition) is 2. The average Bonchev–Trinajstić information content (AvgIpc) is 2.49. The monoisotopic (exact) mass is 312 g/mol. The number of benzene rings is 2. The van der Waals surface area contributed by atoms with Crippen LogP contribution in [0.5, 0.6) is 11.5 Å². The lowest BCUT2D eigenvalue weighted by molar-refractivity contribution is 0.233.